The van der Waals surface area contributed by atoms with Gasteiger partial charge in [0, 0.05) is 18.2 Å². The normalized spacial score (nSPS) is 10.3. The van der Waals surface area contributed by atoms with Gasteiger partial charge in [-0.05, 0) is 26.8 Å². The Bertz CT molecular complexity index is 521. The summed E-state index contributed by atoms with van der Waals surface area (Å²) in [5.74, 6) is 1.68. The Hall–Kier alpha value is -1.90. The van der Waals surface area contributed by atoms with E-state index in [1.165, 1.54) is 5.56 Å². The van der Waals surface area contributed by atoms with Gasteiger partial charge in [-0.15, -0.1) is 0 Å². The summed E-state index contributed by atoms with van der Waals surface area (Å²) in [6.45, 7) is 6.93. The van der Waals surface area contributed by atoms with Gasteiger partial charge in [0.1, 0.15) is 11.6 Å². The van der Waals surface area contributed by atoms with E-state index in [1.807, 2.05) is 13.0 Å². The van der Waals surface area contributed by atoms with Gasteiger partial charge in [0.25, 0.3) is 0 Å². The molecule has 0 atom stereocenters. The lowest BCUT2D eigenvalue weighted by atomic mass is 10.1. The van der Waals surface area contributed by atoms with Crippen molar-refractivity contribution in [3.8, 4) is 11.3 Å². The highest BCUT2D eigenvalue weighted by atomic mass is 15.0. The van der Waals surface area contributed by atoms with Crippen molar-refractivity contribution in [2.45, 2.75) is 20.8 Å². The molecule has 0 fully saturated rings. The molecule has 0 aliphatic heterocycles. The highest BCUT2D eigenvalue weighted by Crippen LogP contribution is 2.20. The van der Waals surface area contributed by atoms with Crippen molar-refractivity contribution in [2.24, 2.45) is 0 Å². The summed E-state index contributed by atoms with van der Waals surface area (Å²) < 4.78 is 0. The molecule has 1 heterocycles. The Morgan fingerprint density at radius 2 is 1.94 bits per heavy atom. The highest BCUT2D eigenvalue weighted by molar-refractivity contribution is 5.63. The van der Waals surface area contributed by atoms with E-state index in [1.54, 1.807) is 0 Å². The topological polar surface area (TPSA) is 37.8 Å². The van der Waals surface area contributed by atoms with Crippen LogP contribution in [0.15, 0.2) is 30.3 Å². The van der Waals surface area contributed by atoms with Crippen LogP contribution in [0.1, 0.15) is 18.3 Å². The maximum atomic E-state index is 4.48. The summed E-state index contributed by atoms with van der Waals surface area (Å²) in [4.78, 5) is 8.83. The number of benzene rings is 1. The quantitative estimate of drug-likeness (QED) is 0.875. The molecule has 0 amide bonds. The molecule has 2 rings (SSSR count). The number of hydrogen-bond acceptors (Lipinski definition) is 3. The minimum Gasteiger partial charge on any atom is -0.370 e. The lowest BCUT2D eigenvalue weighted by Crippen LogP contribution is -2.02. The summed E-state index contributed by atoms with van der Waals surface area (Å²) in [5, 5.41) is 3.22. The highest BCUT2D eigenvalue weighted by Gasteiger charge is 2.03. The number of hydrogen-bond donors (Lipinski definition) is 1. The molecule has 1 aromatic carbocycles. The van der Waals surface area contributed by atoms with E-state index in [4.69, 9.17) is 0 Å². The molecule has 0 unspecified atom stereocenters. The Balaban J connectivity index is 2.44. The predicted molar refractivity (Wildman–Crippen MR) is 71.1 cm³/mol. The van der Waals surface area contributed by atoms with Crippen molar-refractivity contribution >= 4 is 5.82 Å². The molecular formula is C14H17N3. The molecule has 0 bridgehead atoms. The molecule has 3 nitrogen and oxygen atoms in total. The first-order valence-corrected chi connectivity index (χ1v) is 5.85. The van der Waals surface area contributed by atoms with Crippen molar-refractivity contribution in [1.82, 2.24) is 9.97 Å². The molecule has 17 heavy (non-hydrogen) atoms. The van der Waals surface area contributed by atoms with Crippen LogP contribution in [0.3, 0.4) is 0 Å². The van der Waals surface area contributed by atoms with Gasteiger partial charge in [0.2, 0.25) is 0 Å². The number of rotatable bonds is 3. The summed E-state index contributed by atoms with van der Waals surface area (Å²) >= 11 is 0. The second-order valence-corrected chi connectivity index (χ2v) is 4.09. The van der Waals surface area contributed by atoms with Crippen molar-refractivity contribution in [1.29, 1.82) is 0 Å². The van der Waals surface area contributed by atoms with Gasteiger partial charge in [0.05, 0.1) is 5.69 Å². The summed E-state index contributed by atoms with van der Waals surface area (Å²) in [6, 6.07) is 10.3. The molecule has 0 saturated heterocycles. The van der Waals surface area contributed by atoms with Crippen LogP contribution < -0.4 is 5.32 Å². The number of aromatic nitrogens is 2. The van der Waals surface area contributed by atoms with E-state index >= 15 is 0 Å². The summed E-state index contributed by atoms with van der Waals surface area (Å²) in [7, 11) is 0. The van der Waals surface area contributed by atoms with E-state index in [0.717, 1.165) is 29.4 Å². The summed E-state index contributed by atoms with van der Waals surface area (Å²) in [5.41, 5.74) is 3.34. The van der Waals surface area contributed by atoms with Crippen LogP contribution in [0.5, 0.6) is 0 Å². The van der Waals surface area contributed by atoms with E-state index in [9.17, 15) is 0 Å². The van der Waals surface area contributed by atoms with Crippen molar-refractivity contribution in [3.63, 3.8) is 0 Å². The van der Waals surface area contributed by atoms with Crippen molar-refractivity contribution < 1.29 is 0 Å². The van der Waals surface area contributed by atoms with E-state index in [-0.39, 0.29) is 0 Å². The van der Waals surface area contributed by atoms with Gasteiger partial charge in [0.15, 0.2) is 0 Å². The second-order valence-electron chi connectivity index (χ2n) is 4.09. The van der Waals surface area contributed by atoms with E-state index in [0.29, 0.717) is 0 Å². The molecule has 0 saturated carbocycles. The lowest BCUT2D eigenvalue weighted by Gasteiger charge is -2.07. The SMILES string of the molecule is CCNc1cc(-c2cccc(C)c2)nc(C)n1. The first-order valence-electron chi connectivity index (χ1n) is 5.85. The molecule has 88 valence electrons. The minimum absolute atomic E-state index is 0.792. The fraction of sp³-hybridized carbons (Fsp3) is 0.286. The molecule has 0 aliphatic rings. The van der Waals surface area contributed by atoms with Gasteiger partial charge >= 0.3 is 0 Å². The van der Waals surface area contributed by atoms with Crippen molar-refractivity contribution in [2.75, 3.05) is 11.9 Å². The standard InChI is InChI=1S/C14H17N3/c1-4-15-14-9-13(16-11(3)17-14)12-7-5-6-10(2)8-12/h5-9H,4H2,1-3H3,(H,15,16,17). The lowest BCUT2D eigenvalue weighted by molar-refractivity contribution is 1.04. The predicted octanol–water partition coefficient (Wildman–Crippen LogP) is 3.19. The van der Waals surface area contributed by atoms with Crippen molar-refractivity contribution in [3.05, 3.63) is 41.7 Å². The Labute approximate surface area is 102 Å². The summed E-state index contributed by atoms with van der Waals surface area (Å²) in [6.07, 6.45) is 0. The average Bonchev–Trinajstić information content (AvgIpc) is 2.28. The zero-order chi connectivity index (χ0) is 12.3. The number of anilines is 1. The van der Waals surface area contributed by atoms with E-state index < -0.39 is 0 Å². The third-order valence-corrected chi connectivity index (χ3v) is 2.51. The minimum atomic E-state index is 0.792. The number of aryl methyl sites for hydroxylation is 2. The molecule has 0 radical (unpaired) electrons. The van der Waals surface area contributed by atoms with Gasteiger partial charge in [-0.3, -0.25) is 0 Å². The van der Waals surface area contributed by atoms with Crippen LogP contribution in [-0.4, -0.2) is 16.5 Å². The molecule has 1 N–H and O–H groups in total. The van der Waals surface area contributed by atoms with Crippen LogP contribution in [0.25, 0.3) is 11.3 Å². The number of nitrogens with one attached hydrogen (secondary N) is 1. The Morgan fingerprint density at radius 3 is 2.65 bits per heavy atom. The maximum absolute atomic E-state index is 4.48. The molecule has 1 aromatic heterocycles. The smallest absolute Gasteiger partial charge is 0.130 e. The number of nitrogens with zero attached hydrogens (tertiary/aromatic N) is 2. The molecule has 0 aliphatic carbocycles. The van der Waals surface area contributed by atoms with Gasteiger partial charge in [-0.2, -0.15) is 0 Å². The van der Waals surface area contributed by atoms with Gasteiger partial charge < -0.3 is 5.32 Å². The Kier molecular flexibility index (Phi) is 3.38. The second kappa shape index (κ2) is 4.95. The van der Waals surface area contributed by atoms with Gasteiger partial charge in [-0.1, -0.05) is 23.8 Å². The largest absolute Gasteiger partial charge is 0.370 e. The van der Waals surface area contributed by atoms with Gasteiger partial charge in [-0.25, -0.2) is 9.97 Å². The molecule has 3 heteroatoms. The van der Waals surface area contributed by atoms with Crippen LogP contribution in [0, 0.1) is 13.8 Å². The van der Waals surface area contributed by atoms with Crippen LogP contribution in [0.2, 0.25) is 0 Å². The molecular weight excluding hydrogens is 210 g/mol. The van der Waals surface area contributed by atoms with Crippen LogP contribution >= 0.6 is 0 Å². The Morgan fingerprint density at radius 1 is 1.12 bits per heavy atom. The zero-order valence-corrected chi connectivity index (χ0v) is 10.5. The molecule has 0 spiro atoms. The van der Waals surface area contributed by atoms with Crippen LogP contribution in [0.4, 0.5) is 5.82 Å². The first-order chi connectivity index (χ1) is 8.19. The monoisotopic (exact) mass is 227 g/mol. The fourth-order valence-corrected chi connectivity index (χ4v) is 1.79. The zero-order valence-electron chi connectivity index (χ0n) is 10.5. The van der Waals surface area contributed by atoms with E-state index in [2.05, 4.69) is 53.4 Å². The fourth-order valence-electron chi connectivity index (χ4n) is 1.79. The van der Waals surface area contributed by atoms with Crippen LogP contribution in [-0.2, 0) is 0 Å². The average molecular weight is 227 g/mol. The maximum Gasteiger partial charge on any atom is 0.130 e. The molecule has 2 aromatic rings. The third kappa shape index (κ3) is 2.81. The first kappa shape index (κ1) is 11.6. The third-order valence-electron chi connectivity index (χ3n) is 2.51.